The third-order valence-electron chi connectivity index (χ3n) is 3.39. The Kier molecular flexibility index (Phi) is 6.84. The second-order valence-electron chi connectivity index (χ2n) is 5.74. The number of hydrogen-bond acceptors (Lipinski definition) is 6. The fraction of sp³-hybridized carbons (Fsp3) is 0.733. The highest BCUT2D eigenvalue weighted by Gasteiger charge is 2.28. The number of carbonyl (C=O) groups excluding carboxylic acids is 2. The highest BCUT2D eigenvalue weighted by molar-refractivity contribution is 5.91. The van der Waals surface area contributed by atoms with Crippen LogP contribution in [0.1, 0.15) is 27.2 Å². The van der Waals surface area contributed by atoms with Gasteiger partial charge in [-0.2, -0.15) is 0 Å². The van der Waals surface area contributed by atoms with Crippen LogP contribution >= 0.6 is 0 Å². The normalized spacial score (nSPS) is 18.5. The molecule has 21 heavy (non-hydrogen) atoms. The number of esters is 2. The van der Waals surface area contributed by atoms with E-state index in [1.807, 2.05) is 13.8 Å². The molecular weight excluding hydrogens is 274 g/mol. The van der Waals surface area contributed by atoms with Gasteiger partial charge in [-0.25, -0.2) is 9.59 Å². The van der Waals surface area contributed by atoms with Crippen LogP contribution in [0.25, 0.3) is 0 Å². The van der Waals surface area contributed by atoms with E-state index in [1.54, 1.807) is 0 Å². The smallest absolute Gasteiger partial charge is 0.331 e. The molecule has 0 saturated carbocycles. The number of carbonyl (C=O) groups is 2. The lowest BCUT2D eigenvalue weighted by Gasteiger charge is -2.36. The zero-order valence-corrected chi connectivity index (χ0v) is 13.3. The molecular formula is C15H25NO5. The molecule has 0 aliphatic carbocycles. The van der Waals surface area contributed by atoms with Gasteiger partial charge in [-0.05, 0) is 20.8 Å². The zero-order valence-electron chi connectivity index (χ0n) is 13.3. The van der Waals surface area contributed by atoms with E-state index in [4.69, 9.17) is 9.47 Å². The number of hydrogen-bond donors (Lipinski definition) is 0. The number of morpholine rings is 1. The third kappa shape index (κ3) is 6.73. The van der Waals surface area contributed by atoms with Crippen molar-refractivity contribution < 1.29 is 23.8 Å². The quantitative estimate of drug-likeness (QED) is 0.541. The molecule has 6 heteroatoms. The molecule has 0 amide bonds. The van der Waals surface area contributed by atoms with E-state index in [1.165, 1.54) is 7.11 Å². The maximum Gasteiger partial charge on any atom is 0.331 e. The number of methoxy groups -OCH3 is 1. The highest BCUT2D eigenvalue weighted by Crippen LogP contribution is 2.21. The minimum absolute atomic E-state index is 0.293. The molecule has 0 N–H and O–H groups in total. The molecule has 120 valence electrons. The van der Waals surface area contributed by atoms with Crippen molar-refractivity contribution in [1.29, 1.82) is 0 Å². The second-order valence-corrected chi connectivity index (χ2v) is 5.74. The fourth-order valence-electron chi connectivity index (χ4n) is 2.41. The second kappa shape index (κ2) is 8.14. The van der Waals surface area contributed by atoms with Crippen LogP contribution in [-0.4, -0.2) is 61.9 Å². The standard InChI is InChI=1S/C15H25NO5/c1-12(16-7-9-20-10-8-16)11-15(2,3)21-14(18)6-5-13(17)19-4/h5-6,12H,7-11H2,1-4H3/b6-5+. The summed E-state index contributed by atoms with van der Waals surface area (Å²) in [4.78, 5) is 24.9. The Morgan fingerprint density at radius 3 is 2.38 bits per heavy atom. The summed E-state index contributed by atoms with van der Waals surface area (Å²) in [6.07, 6.45) is 2.86. The maximum atomic E-state index is 11.7. The summed E-state index contributed by atoms with van der Waals surface area (Å²) in [5.74, 6) is -1.12. The van der Waals surface area contributed by atoms with Gasteiger partial charge in [0.15, 0.2) is 0 Å². The first-order valence-corrected chi connectivity index (χ1v) is 7.15. The zero-order chi connectivity index (χ0) is 15.9. The van der Waals surface area contributed by atoms with Gasteiger partial charge in [0, 0.05) is 37.7 Å². The predicted molar refractivity (Wildman–Crippen MR) is 77.8 cm³/mol. The summed E-state index contributed by atoms with van der Waals surface area (Å²) < 4.78 is 15.2. The minimum Gasteiger partial charge on any atom is -0.466 e. The molecule has 0 bridgehead atoms. The van der Waals surface area contributed by atoms with Crippen LogP contribution in [0.3, 0.4) is 0 Å². The van der Waals surface area contributed by atoms with E-state index in [0.717, 1.165) is 38.5 Å². The van der Waals surface area contributed by atoms with Crippen LogP contribution in [-0.2, 0) is 23.8 Å². The fourth-order valence-corrected chi connectivity index (χ4v) is 2.41. The van der Waals surface area contributed by atoms with E-state index in [-0.39, 0.29) is 0 Å². The molecule has 1 heterocycles. The van der Waals surface area contributed by atoms with Crippen molar-refractivity contribution >= 4 is 11.9 Å². The van der Waals surface area contributed by atoms with Gasteiger partial charge in [0.05, 0.1) is 20.3 Å². The van der Waals surface area contributed by atoms with Crippen LogP contribution in [0.5, 0.6) is 0 Å². The Hall–Kier alpha value is -1.40. The van der Waals surface area contributed by atoms with Gasteiger partial charge in [0.25, 0.3) is 0 Å². The molecule has 1 aliphatic heterocycles. The van der Waals surface area contributed by atoms with Gasteiger partial charge in [0.2, 0.25) is 0 Å². The van der Waals surface area contributed by atoms with E-state index >= 15 is 0 Å². The minimum atomic E-state index is -0.602. The van der Waals surface area contributed by atoms with Crippen LogP contribution in [0.2, 0.25) is 0 Å². The summed E-state index contributed by atoms with van der Waals surface area (Å²) in [6.45, 7) is 9.13. The molecule has 1 rings (SSSR count). The molecule has 0 aromatic heterocycles. The first kappa shape index (κ1) is 17.7. The largest absolute Gasteiger partial charge is 0.466 e. The molecule has 0 aromatic carbocycles. The van der Waals surface area contributed by atoms with Crippen molar-refractivity contribution in [1.82, 2.24) is 4.90 Å². The van der Waals surface area contributed by atoms with Gasteiger partial charge in [-0.1, -0.05) is 0 Å². The lowest BCUT2D eigenvalue weighted by molar-refractivity contribution is -0.152. The summed E-state index contributed by atoms with van der Waals surface area (Å²) in [5.41, 5.74) is -0.602. The molecule has 0 spiro atoms. The van der Waals surface area contributed by atoms with Crippen molar-refractivity contribution in [2.24, 2.45) is 0 Å². The molecule has 1 aliphatic rings. The Morgan fingerprint density at radius 1 is 1.24 bits per heavy atom. The maximum absolute atomic E-state index is 11.7. The lowest BCUT2D eigenvalue weighted by atomic mass is 9.98. The Morgan fingerprint density at radius 2 is 1.81 bits per heavy atom. The summed E-state index contributed by atoms with van der Waals surface area (Å²) in [7, 11) is 1.26. The lowest BCUT2D eigenvalue weighted by Crippen LogP contribution is -2.45. The Balaban J connectivity index is 2.46. The van der Waals surface area contributed by atoms with Gasteiger partial charge in [-0.3, -0.25) is 4.90 Å². The summed E-state index contributed by atoms with van der Waals surface area (Å²) >= 11 is 0. The van der Waals surface area contributed by atoms with Gasteiger partial charge in [0.1, 0.15) is 5.60 Å². The monoisotopic (exact) mass is 299 g/mol. The first-order valence-electron chi connectivity index (χ1n) is 7.15. The topological polar surface area (TPSA) is 65.1 Å². The average Bonchev–Trinajstić information content (AvgIpc) is 2.44. The van der Waals surface area contributed by atoms with Crippen LogP contribution in [0.4, 0.5) is 0 Å². The summed E-state index contributed by atoms with van der Waals surface area (Å²) in [5, 5.41) is 0. The molecule has 1 atom stereocenters. The highest BCUT2D eigenvalue weighted by atomic mass is 16.6. The van der Waals surface area contributed by atoms with Crippen LogP contribution in [0, 0.1) is 0 Å². The van der Waals surface area contributed by atoms with Gasteiger partial charge >= 0.3 is 11.9 Å². The van der Waals surface area contributed by atoms with Crippen molar-refractivity contribution in [3.63, 3.8) is 0 Å². The molecule has 6 nitrogen and oxygen atoms in total. The average molecular weight is 299 g/mol. The molecule has 1 saturated heterocycles. The molecule has 0 radical (unpaired) electrons. The first-order chi connectivity index (χ1) is 9.84. The van der Waals surface area contributed by atoms with Crippen LogP contribution < -0.4 is 0 Å². The summed E-state index contributed by atoms with van der Waals surface area (Å²) in [6, 6.07) is 0.293. The van der Waals surface area contributed by atoms with E-state index in [9.17, 15) is 9.59 Å². The molecule has 1 unspecified atom stereocenters. The van der Waals surface area contributed by atoms with Crippen molar-refractivity contribution in [2.45, 2.75) is 38.8 Å². The van der Waals surface area contributed by atoms with Crippen molar-refractivity contribution in [2.75, 3.05) is 33.4 Å². The molecule has 0 aromatic rings. The van der Waals surface area contributed by atoms with Crippen molar-refractivity contribution in [3.8, 4) is 0 Å². The Labute approximate surface area is 126 Å². The van der Waals surface area contributed by atoms with Crippen LogP contribution in [0.15, 0.2) is 12.2 Å². The van der Waals surface area contributed by atoms with Gasteiger partial charge < -0.3 is 14.2 Å². The third-order valence-corrected chi connectivity index (χ3v) is 3.39. The number of ether oxygens (including phenoxy) is 3. The van der Waals surface area contributed by atoms with Crippen molar-refractivity contribution in [3.05, 3.63) is 12.2 Å². The SMILES string of the molecule is COC(=O)/C=C/C(=O)OC(C)(C)CC(C)N1CCOCC1. The van der Waals surface area contributed by atoms with E-state index in [2.05, 4.69) is 16.6 Å². The number of rotatable bonds is 6. The Bertz CT molecular complexity index is 386. The number of nitrogens with zero attached hydrogens (tertiary/aromatic N) is 1. The van der Waals surface area contributed by atoms with E-state index < -0.39 is 17.5 Å². The van der Waals surface area contributed by atoms with Gasteiger partial charge in [-0.15, -0.1) is 0 Å². The van der Waals surface area contributed by atoms with E-state index in [0.29, 0.717) is 12.5 Å². The predicted octanol–water partition coefficient (Wildman–Crippen LogP) is 1.15. The molecule has 1 fully saturated rings.